The number of nitrogens with one attached hydrogen (secondary N) is 1. The molecule has 162 valence electrons. The fourth-order valence-corrected chi connectivity index (χ4v) is 3.81. The Balaban J connectivity index is 1.91. The Kier molecular flexibility index (Phi) is 6.84. The molecule has 0 aliphatic rings. The highest BCUT2D eigenvalue weighted by Crippen LogP contribution is 2.31. The summed E-state index contributed by atoms with van der Waals surface area (Å²) in [4.78, 5) is 15.8. The van der Waals surface area contributed by atoms with Gasteiger partial charge in [0.05, 0.1) is 17.5 Å². The molecule has 11 heteroatoms. The number of halogens is 3. The minimum Gasteiger partial charge on any atom is -0.433 e. The van der Waals surface area contributed by atoms with E-state index in [9.17, 15) is 22.0 Å². The second-order valence-electron chi connectivity index (χ2n) is 6.36. The summed E-state index contributed by atoms with van der Waals surface area (Å²) in [7, 11) is -4.23. The number of sulfonamides is 1. The van der Waals surface area contributed by atoms with E-state index in [0.29, 0.717) is 10.6 Å². The number of amides is 1. The number of ether oxygens (including phenoxy) is 1. The second kappa shape index (κ2) is 9.38. The number of alkyl halides is 2. The average Bonchev–Trinajstić information content (AvgIpc) is 2.69. The summed E-state index contributed by atoms with van der Waals surface area (Å²) >= 11 is 6.05. The SMILES string of the molecule is NS(=O)(=O)c1cc(NC(=O)Cc2ccccc2Cl)ccc1-c1cncc(OC(F)F)c1. The molecule has 0 atom stereocenters. The minimum absolute atomic E-state index is 0.0247. The first-order valence-electron chi connectivity index (χ1n) is 8.74. The van der Waals surface area contributed by atoms with Crippen LogP contribution < -0.4 is 15.2 Å². The van der Waals surface area contributed by atoms with Gasteiger partial charge in [0.2, 0.25) is 15.9 Å². The molecule has 0 saturated heterocycles. The summed E-state index contributed by atoms with van der Waals surface area (Å²) in [6.45, 7) is -3.06. The van der Waals surface area contributed by atoms with Crippen LogP contribution in [0.25, 0.3) is 11.1 Å². The van der Waals surface area contributed by atoms with Crippen LogP contribution in [0.2, 0.25) is 5.02 Å². The molecule has 1 heterocycles. The molecular weight excluding hydrogens is 452 g/mol. The van der Waals surface area contributed by atoms with E-state index < -0.39 is 22.5 Å². The predicted molar refractivity (Wildman–Crippen MR) is 111 cm³/mol. The van der Waals surface area contributed by atoms with Gasteiger partial charge >= 0.3 is 6.61 Å². The lowest BCUT2D eigenvalue weighted by Gasteiger charge is -2.13. The maximum Gasteiger partial charge on any atom is 0.387 e. The topological polar surface area (TPSA) is 111 Å². The van der Waals surface area contributed by atoms with E-state index in [2.05, 4.69) is 15.0 Å². The molecule has 0 radical (unpaired) electrons. The van der Waals surface area contributed by atoms with Crippen molar-refractivity contribution in [2.45, 2.75) is 17.9 Å². The maximum atomic E-state index is 12.5. The van der Waals surface area contributed by atoms with Crippen LogP contribution >= 0.6 is 11.6 Å². The molecule has 0 unspecified atom stereocenters. The molecule has 3 aromatic rings. The van der Waals surface area contributed by atoms with Crippen molar-refractivity contribution in [2.75, 3.05) is 5.32 Å². The van der Waals surface area contributed by atoms with E-state index in [1.807, 2.05) is 0 Å². The molecule has 1 aromatic heterocycles. The minimum atomic E-state index is -4.23. The monoisotopic (exact) mass is 467 g/mol. The third-order valence-electron chi connectivity index (χ3n) is 4.13. The van der Waals surface area contributed by atoms with Crippen LogP contribution in [-0.2, 0) is 21.2 Å². The van der Waals surface area contributed by atoms with Gasteiger partial charge in [0.1, 0.15) is 5.75 Å². The number of carbonyl (C=O) groups is 1. The normalized spacial score (nSPS) is 11.4. The summed E-state index contributed by atoms with van der Waals surface area (Å²) in [5.74, 6) is -0.666. The molecule has 0 fully saturated rings. The lowest BCUT2D eigenvalue weighted by Crippen LogP contribution is -2.17. The van der Waals surface area contributed by atoms with Crippen LogP contribution in [-0.4, -0.2) is 25.9 Å². The number of hydrogen-bond donors (Lipinski definition) is 2. The molecule has 2 aromatic carbocycles. The fourth-order valence-electron chi connectivity index (χ4n) is 2.83. The quantitative estimate of drug-likeness (QED) is 0.548. The lowest BCUT2D eigenvalue weighted by atomic mass is 10.1. The van der Waals surface area contributed by atoms with Crippen LogP contribution in [0.3, 0.4) is 0 Å². The van der Waals surface area contributed by atoms with Crippen LogP contribution in [0.5, 0.6) is 5.75 Å². The molecule has 3 N–H and O–H groups in total. The summed E-state index contributed by atoms with van der Waals surface area (Å²) in [5.41, 5.74) is 1.08. The Morgan fingerprint density at radius 2 is 1.90 bits per heavy atom. The second-order valence-corrected chi connectivity index (χ2v) is 8.30. The number of hydrogen-bond acceptors (Lipinski definition) is 5. The van der Waals surface area contributed by atoms with E-state index >= 15 is 0 Å². The number of rotatable bonds is 7. The smallest absolute Gasteiger partial charge is 0.387 e. The number of anilines is 1. The fraction of sp³-hybridized carbons (Fsp3) is 0.100. The van der Waals surface area contributed by atoms with Gasteiger partial charge in [-0.2, -0.15) is 8.78 Å². The molecule has 0 saturated carbocycles. The number of benzene rings is 2. The summed E-state index contributed by atoms with van der Waals surface area (Å²) in [5, 5.41) is 8.34. The van der Waals surface area contributed by atoms with Crippen molar-refractivity contribution >= 4 is 33.2 Å². The molecule has 0 bridgehead atoms. The lowest BCUT2D eigenvalue weighted by molar-refractivity contribution is -0.115. The highest BCUT2D eigenvalue weighted by molar-refractivity contribution is 7.89. The van der Waals surface area contributed by atoms with Gasteiger partial charge in [0.15, 0.2) is 0 Å². The zero-order chi connectivity index (χ0) is 22.6. The van der Waals surface area contributed by atoms with Crippen molar-refractivity contribution in [3.05, 3.63) is 71.5 Å². The first-order chi connectivity index (χ1) is 14.6. The predicted octanol–water partition coefficient (Wildman–Crippen LogP) is 3.83. The third kappa shape index (κ3) is 5.97. The van der Waals surface area contributed by atoms with Gasteiger partial charge in [-0.3, -0.25) is 9.78 Å². The molecule has 0 aliphatic heterocycles. The Morgan fingerprint density at radius 3 is 2.58 bits per heavy atom. The van der Waals surface area contributed by atoms with Gasteiger partial charge in [-0.1, -0.05) is 35.9 Å². The highest BCUT2D eigenvalue weighted by atomic mass is 35.5. The Morgan fingerprint density at radius 1 is 1.16 bits per heavy atom. The highest BCUT2D eigenvalue weighted by Gasteiger charge is 2.18. The summed E-state index contributed by atoms with van der Waals surface area (Å²) in [6.07, 6.45) is 2.32. The molecule has 1 amide bonds. The molecule has 0 aliphatic carbocycles. The molecule has 7 nitrogen and oxygen atoms in total. The van der Waals surface area contributed by atoms with Crippen molar-refractivity contribution in [2.24, 2.45) is 5.14 Å². The Labute approximate surface area is 181 Å². The van der Waals surface area contributed by atoms with Crippen LogP contribution in [0.15, 0.2) is 65.8 Å². The number of aromatic nitrogens is 1. The van der Waals surface area contributed by atoms with E-state index in [0.717, 1.165) is 6.20 Å². The standard InChI is InChI=1S/C20H16ClF2N3O4S/c21-17-4-2-1-3-12(17)8-19(27)26-14-5-6-16(18(9-14)31(24,28)29)13-7-15(11-25-10-13)30-20(22)23/h1-7,9-11,20H,8H2,(H,26,27)(H2,24,28,29). The van der Waals surface area contributed by atoms with Crippen molar-refractivity contribution in [3.63, 3.8) is 0 Å². The van der Waals surface area contributed by atoms with E-state index in [1.165, 1.54) is 30.5 Å². The largest absolute Gasteiger partial charge is 0.433 e. The number of nitrogens with two attached hydrogens (primary N) is 1. The van der Waals surface area contributed by atoms with E-state index in [4.69, 9.17) is 16.7 Å². The van der Waals surface area contributed by atoms with Crippen LogP contribution in [0.4, 0.5) is 14.5 Å². The average molecular weight is 468 g/mol. The zero-order valence-electron chi connectivity index (χ0n) is 15.8. The number of pyridine rings is 1. The van der Waals surface area contributed by atoms with Crippen molar-refractivity contribution in [3.8, 4) is 16.9 Å². The van der Waals surface area contributed by atoms with Gasteiger partial charge in [-0.15, -0.1) is 0 Å². The number of primary sulfonamides is 1. The first kappa shape index (κ1) is 22.6. The maximum absolute atomic E-state index is 12.5. The Bertz CT molecular complexity index is 1220. The number of carbonyl (C=O) groups excluding carboxylic acids is 1. The van der Waals surface area contributed by atoms with E-state index in [1.54, 1.807) is 24.3 Å². The van der Waals surface area contributed by atoms with Crippen LogP contribution in [0, 0.1) is 0 Å². The van der Waals surface area contributed by atoms with Gasteiger partial charge in [0, 0.05) is 28.0 Å². The summed E-state index contributed by atoms with van der Waals surface area (Å²) in [6, 6.07) is 12.0. The van der Waals surface area contributed by atoms with Gasteiger partial charge in [-0.05, 0) is 29.8 Å². The molecule has 31 heavy (non-hydrogen) atoms. The molecule has 0 spiro atoms. The Hall–Kier alpha value is -3.08. The van der Waals surface area contributed by atoms with Crippen molar-refractivity contribution in [1.82, 2.24) is 4.98 Å². The van der Waals surface area contributed by atoms with Gasteiger partial charge in [-0.25, -0.2) is 13.6 Å². The van der Waals surface area contributed by atoms with Crippen molar-refractivity contribution in [1.29, 1.82) is 0 Å². The molecular formula is C20H16ClF2N3O4S. The van der Waals surface area contributed by atoms with Gasteiger partial charge in [0.25, 0.3) is 0 Å². The summed E-state index contributed by atoms with van der Waals surface area (Å²) < 4.78 is 53.5. The third-order valence-corrected chi connectivity index (χ3v) is 5.45. The molecule has 3 rings (SSSR count). The van der Waals surface area contributed by atoms with Crippen LogP contribution in [0.1, 0.15) is 5.56 Å². The van der Waals surface area contributed by atoms with Crippen molar-refractivity contribution < 1.29 is 26.7 Å². The zero-order valence-corrected chi connectivity index (χ0v) is 17.3. The first-order valence-corrected chi connectivity index (χ1v) is 10.7. The van der Waals surface area contributed by atoms with E-state index in [-0.39, 0.29) is 33.9 Å². The van der Waals surface area contributed by atoms with Gasteiger partial charge < -0.3 is 10.1 Å². The number of nitrogens with zero attached hydrogens (tertiary/aromatic N) is 1.